The summed E-state index contributed by atoms with van der Waals surface area (Å²) in [4.78, 5) is 11.8. The minimum absolute atomic E-state index is 0.0405. The van der Waals surface area contributed by atoms with E-state index in [-0.39, 0.29) is 11.5 Å². The van der Waals surface area contributed by atoms with Crippen LogP contribution in [0.25, 0.3) is 10.9 Å². The fraction of sp³-hybridized carbons (Fsp3) is 0.250. The van der Waals surface area contributed by atoms with E-state index in [0.29, 0.717) is 18.5 Å². The van der Waals surface area contributed by atoms with Crippen LogP contribution in [0.4, 0.5) is 0 Å². The molecule has 1 aromatic heterocycles. The van der Waals surface area contributed by atoms with Gasteiger partial charge in [0, 0.05) is 36.7 Å². The molecule has 1 heterocycles. The number of nitrogens with zero attached hydrogens (tertiary/aromatic N) is 1. The number of phenols is 1. The van der Waals surface area contributed by atoms with Gasteiger partial charge in [0.05, 0.1) is 5.52 Å². The molecule has 2 rings (SSSR count). The topological polar surface area (TPSA) is 68.2 Å². The Hall–Kier alpha value is -1.81. The average molecular weight is 218 g/mol. The molecule has 0 saturated carbocycles. The number of Topliss-reactive ketones (excluding diaryl/α,β-unsaturated/α-hetero) is 1. The third kappa shape index (κ3) is 1.67. The van der Waals surface area contributed by atoms with Crippen LogP contribution in [0.3, 0.4) is 0 Å². The molecule has 0 radical (unpaired) electrons. The molecule has 1 aromatic carbocycles. The summed E-state index contributed by atoms with van der Waals surface area (Å²) in [6, 6.07) is 4.99. The zero-order valence-corrected chi connectivity index (χ0v) is 9.10. The number of carbonyl (C=O) groups is 1. The van der Waals surface area contributed by atoms with E-state index >= 15 is 0 Å². The van der Waals surface area contributed by atoms with Crippen LogP contribution in [0.15, 0.2) is 24.4 Å². The second-order valence-corrected chi connectivity index (χ2v) is 3.82. The molecular formula is C12H14N2O2. The van der Waals surface area contributed by atoms with Crippen molar-refractivity contribution in [3.8, 4) is 5.75 Å². The Labute approximate surface area is 93.3 Å². The first-order valence-electron chi connectivity index (χ1n) is 5.15. The van der Waals surface area contributed by atoms with E-state index in [1.54, 1.807) is 24.4 Å². The lowest BCUT2D eigenvalue weighted by Gasteiger charge is -1.97. The van der Waals surface area contributed by atoms with E-state index in [1.807, 2.05) is 11.6 Å². The van der Waals surface area contributed by atoms with Crippen LogP contribution in [0.5, 0.6) is 5.75 Å². The second kappa shape index (κ2) is 3.98. The van der Waals surface area contributed by atoms with Crippen molar-refractivity contribution in [1.82, 2.24) is 4.57 Å². The molecule has 0 saturated heterocycles. The number of hydrogen-bond donors (Lipinski definition) is 2. The predicted octanol–water partition coefficient (Wildman–Crippen LogP) is 1.42. The largest absolute Gasteiger partial charge is 0.508 e. The van der Waals surface area contributed by atoms with E-state index in [2.05, 4.69) is 0 Å². The maximum absolute atomic E-state index is 11.8. The summed E-state index contributed by atoms with van der Waals surface area (Å²) in [6.45, 7) is 0.354. The van der Waals surface area contributed by atoms with Gasteiger partial charge in [0.25, 0.3) is 0 Å². The summed E-state index contributed by atoms with van der Waals surface area (Å²) in [5, 5.41) is 10.2. The number of aromatic nitrogens is 1. The minimum atomic E-state index is 0.0405. The van der Waals surface area contributed by atoms with Crippen molar-refractivity contribution >= 4 is 16.7 Å². The molecule has 0 spiro atoms. The van der Waals surface area contributed by atoms with Crippen molar-refractivity contribution in [2.75, 3.05) is 6.54 Å². The quantitative estimate of drug-likeness (QED) is 0.765. The van der Waals surface area contributed by atoms with Gasteiger partial charge in [-0.05, 0) is 18.7 Å². The van der Waals surface area contributed by atoms with Crippen molar-refractivity contribution < 1.29 is 9.90 Å². The number of phenolic OH excluding ortho intramolecular Hbond substituents is 1. The van der Waals surface area contributed by atoms with Crippen LogP contribution in [-0.2, 0) is 7.05 Å². The van der Waals surface area contributed by atoms with Gasteiger partial charge in [-0.3, -0.25) is 4.79 Å². The van der Waals surface area contributed by atoms with Gasteiger partial charge in [-0.1, -0.05) is 0 Å². The Bertz CT molecular complexity index is 543. The first kappa shape index (κ1) is 10.7. The molecule has 4 nitrogen and oxygen atoms in total. The standard InChI is InChI=1S/C12H14N2O2/c1-14-7-10(12(16)4-5-13)9-3-2-8(15)6-11(9)14/h2-3,6-7,15H,4-5,13H2,1H3. The summed E-state index contributed by atoms with van der Waals surface area (Å²) in [5.41, 5.74) is 6.89. The fourth-order valence-corrected chi connectivity index (χ4v) is 1.86. The molecule has 2 aromatic rings. The SMILES string of the molecule is Cn1cc(C(=O)CCN)c2ccc(O)cc21. The van der Waals surface area contributed by atoms with Crippen molar-refractivity contribution in [2.45, 2.75) is 6.42 Å². The number of aromatic hydroxyl groups is 1. The maximum Gasteiger partial charge on any atom is 0.166 e. The van der Waals surface area contributed by atoms with E-state index in [0.717, 1.165) is 10.9 Å². The highest BCUT2D eigenvalue weighted by atomic mass is 16.3. The highest BCUT2D eigenvalue weighted by molar-refractivity contribution is 6.08. The lowest BCUT2D eigenvalue weighted by Crippen LogP contribution is -2.07. The summed E-state index contributed by atoms with van der Waals surface area (Å²) in [5.74, 6) is 0.241. The highest BCUT2D eigenvalue weighted by Gasteiger charge is 2.13. The molecule has 0 aliphatic rings. The van der Waals surface area contributed by atoms with Crippen LogP contribution in [-0.4, -0.2) is 22.0 Å². The molecule has 84 valence electrons. The van der Waals surface area contributed by atoms with Crippen molar-refractivity contribution in [3.05, 3.63) is 30.0 Å². The summed E-state index contributed by atoms with van der Waals surface area (Å²) < 4.78 is 1.83. The number of hydrogen-bond acceptors (Lipinski definition) is 3. The van der Waals surface area contributed by atoms with Crippen molar-refractivity contribution in [2.24, 2.45) is 12.8 Å². The number of benzene rings is 1. The zero-order valence-electron chi connectivity index (χ0n) is 9.10. The van der Waals surface area contributed by atoms with Gasteiger partial charge in [0.15, 0.2) is 5.78 Å². The van der Waals surface area contributed by atoms with Crippen LogP contribution in [0.1, 0.15) is 16.8 Å². The first-order valence-corrected chi connectivity index (χ1v) is 5.15. The molecule has 0 bridgehead atoms. The number of ketones is 1. The first-order chi connectivity index (χ1) is 7.63. The van der Waals surface area contributed by atoms with Crippen LogP contribution in [0.2, 0.25) is 0 Å². The molecule has 0 aliphatic heterocycles. The van der Waals surface area contributed by atoms with E-state index in [9.17, 15) is 9.90 Å². The Morgan fingerprint density at radius 2 is 2.25 bits per heavy atom. The Balaban J connectivity index is 2.59. The lowest BCUT2D eigenvalue weighted by molar-refractivity contribution is 0.0987. The number of fused-ring (bicyclic) bond motifs is 1. The second-order valence-electron chi connectivity index (χ2n) is 3.82. The molecule has 0 atom stereocenters. The van der Waals surface area contributed by atoms with Gasteiger partial charge in [0.2, 0.25) is 0 Å². The number of carbonyl (C=O) groups excluding carboxylic acids is 1. The molecule has 0 aliphatic carbocycles. The number of aryl methyl sites for hydroxylation is 1. The molecular weight excluding hydrogens is 204 g/mol. The molecule has 0 fully saturated rings. The third-order valence-electron chi connectivity index (χ3n) is 2.65. The van der Waals surface area contributed by atoms with Gasteiger partial charge < -0.3 is 15.4 Å². The van der Waals surface area contributed by atoms with Crippen molar-refractivity contribution in [3.63, 3.8) is 0 Å². The third-order valence-corrected chi connectivity index (χ3v) is 2.65. The number of nitrogens with two attached hydrogens (primary N) is 1. The smallest absolute Gasteiger partial charge is 0.166 e. The molecule has 4 heteroatoms. The average Bonchev–Trinajstić information content (AvgIpc) is 2.56. The molecule has 16 heavy (non-hydrogen) atoms. The number of rotatable bonds is 3. The fourth-order valence-electron chi connectivity index (χ4n) is 1.86. The normalized spacial score (nSPS) is 10.9. The van der Waals surface area contributed by atoms with Gasteiger partial charge in [-0.15, -0.1) is 0 Å². The van der Waals surface area contributed by atoms with Crippen LogP contribution >= 0.6 is 0 Å². The Kier molecular flexibility index (Phi) is 2.66. The zero-order chi connectivity index (χ0) is 11.7. The lowest BCUT2D eigenvalue weighted by atomic mass is 10.1. The Morgan fingerprint density at radius 1 is 1.50 bits per heavy atom. The van der Waals surface area contributed by atoms with E-state index in [1.165, 1.54) is 0 Å². The van der Waals surface area contributed by atoms with Crippen LogP contribution in [0, 0.1) is 0 Å². The van der Waals surface area contributed by atoms with Gasteiger partial charge in [-0.2, -0.15) is 0 Å². The molecule has 3 N–H and O–H groups in total. The minimum Gasteiger partial charge on any atom is -0.508 e. The highest BCUT2D eigenvalue weighted by Crippen LogP contribution is 2.25. The van der Waals surface area contributed by atoms with E-state index < -0.39 is 0 Å². The predicted molar refractivity (Wildman–Crippen MR) is 62.6 cm³/mol. The van der Waals surface area contributed by atoms with Gasteiger partial charge in [-0.25, -0.2) is 0 Å². The summed E-state index contributed by atoms with van der Waals surface area (Å²) >= 11 is 0. The molecule has 0 amide bonds. The summed E-state index contributed by atoms with van der Waals surface area (Å²) in [6.07, 6.45) is 2.13. The van der Waals surface area contributed by atoms with Crippen molar-refractivity contribution in [1.29, 1.82) is 0 Å². The van der Waals surface area contributed by atoms with Gasteiger partial charge in [0.1, 0.15) is 5.75 Å². The van der Waals surface area contributed by atoms with E-state index in [4.69, 9.17) is 5.73 Å². The summed E-state index contributed by atoms with van der Waals surface area (Å²) in [7, 11) is 1.85. The van der Waals surface area contributed by atoms with Crippen LogP contribution < -0.4 is 5.73 Å². The molecule has 0 unspecified atom stereocenters. The van der Waals surface area contributed by atoms with Gasteiger partial charge >= 0.3 is 0 Å². The Morgan fingerprint density at radius 3 is 2.94 bits per heavy atom. The monoisotopic (exact) mass is 218 g/mol. The maximum atomic E-state index is 11.8.